The smallest absolute Gasteiger partial charge is 0.273 e. The summed E-state index contributed by atoms with van der Waals surface area (Å²) in [5.74, 6) is 1.94. The number of nitrogens with one attached hydrogen (secondary N) is 1. The molecular weight excluding hydrogens is 280 g/mol. The fourth-order valence-electron chi connectivity index (χ4n) is 4.37. The number of hydrogen-bond acceptors (Lipinski definition) is 3. The summed E-state index contributed by atoms with van der Waals surface area (Å²) < 4.78 is 0. The molecule has 2 fully saturated rings. The molecule has 5 nitrogen and oxygen atoms in total. The Hall–Kier alpha value is -1.91. The molecule has 22 heavy (non-hydrogen) atoms. The quantitative estimate of drug-likeness (QED) is 0.684. The van der Waals surface area contributed by atoms with Gasteiger partial charge in [-0.3, -0.25) is 14.9 Å². The highest BCUT2D eigenvalue weighted by Gasteiger charge is 2.42. The van der Waals surface area contributed by atoms with Gasteiger partial charge in [0.2, 0.25) is 0 Å². The van der Waals surface area contributed by atoms with E-state index in [0.717, 1.165) is 11.8 Å². The molecule has 0 aliphatic heterocycles. The van der Waals surface area contributed by atoms with Gasteiger partial charge in [-0.2, -0.15) is 0 Å². The lowest BCUT2D eigenvalue weighted by molar-refractivity contribution is -0.385. The van der Waals surface area contributed by atoms with Crippen LogP contribution in [0.1, 0.15) is 48.5 Å². The van der Waals surface area contributed by atoms with E-state index in [0.29, 0.717) is 17.0 Å². The molecule has 0 spiro atoms. The summed E-state index contributed by atoms with van der Waals surface area (Å²) in [6.45, 7) is 3.70. The van der Waals surface area contributed by atoms with Crippen molar-refractivity contribution in [2.45, 2.75) is 45.6 Å². The van der Waals surface area contributed by atoms with Crippen molar-refractivity contribution in [3.05, 3.63) is 39.4 Å². The van der Waals surface area contributed by atoms with Crippen LogP contribution in [-0.4, -0.2) is 16.9 Å². The minimum absolute atomic E-state index is 0.000210. The maximum Gasteiger partial charge on any atom is 0.273 e. The molecule has 1 amide bonds. The van der Waals surface area contributed by atoms with Crippen LogP contribution < -0.4 is 5.32 Å². The van der Waals surface area contributed by atoms with Crippen molar-refractivity contribution in [2.75, 3.05) is 0 Å². The number of benzene rings is 1. The van der Waals surface area contributed by atoms with Crippen molar-refractivity contribution in [3.8, 4) is 0 Å². The zero-order valence-electron chi connectivity index (χ0n) is 13.0. The monoisotopic (exact) mass is 302 g/mol. The summed E-state index contributed by atoms with van der Waals surface area (Å²) in [6, 6.07) is 4.79. The van der Waals surface area contributed by atoms with E-state index in [1.807, 2.05) is 0 Å². The second kappa shape index (κ2) is 5.71. The van der Waals surface area contributed by atoms with Gasteiger partial charge >= 0.3 is 0 Å². The van der Waals surface area contributed by atoms with E-state index in [4.69, 9.17) is 0 Å². The summed E-state index contributed by atoms with van der Waals surface area (Å²) in [5, 5.41) is 14.1. The zero-order valence-corrected chi connectivity index (χ0v) is 13.0. The fourth-order valence-corrected chi connectivity index (χ4v) is 4.37. The molecular formula is C17H22N2O3. The first-order chi connectivity index (χ1) is 10.5. The molecule has 0 saturated heterocycles. The lowest BCUT2D eigenvalue weighted by atomic mass is 9.84. The van der Waals surface area contributed by atoms with Crippen LogP contribution >= 0.6 is 0 Å². The molecule has 1 aromatic rings. The predicted molar refractivity (Wildman–Crippen MR) is 83.7 cm³/mol. The van der Waals surface area contributed by atoms with Crippen LogP contribution in [0, 0.1) is 34.8 Å². The molecule has 0 radical (unpaired) electrons. The van der Waals surface area contributed by atoms with Gasteiger partial charge in [0.05, 0.1) is 4.92 Å². The van der Waals surface area contributed by atoms with Crippen LogP contribution in [-0.2, 0) is 0 Å². The van der Waals surface area contributed by atoms with Crippen molar-refractivity contribution in [3.63, 3.8) is 0 Å². The number of amides is 1. The van der Waals surface area contributed by atoms with Crippen LogP contribution in [0.25, 0.3) is 0 Å². The third-order valence-corrected chi connectivity index (χ3v) is 5.54. The van der Waals surface area contributed by atoms with Gasteiger partial charge in [0.15, 0.2) is 0 Å². The number of carbonyl (C=O) groups is 1. The van der Waals surface area contributed by atoms with Crippen LogP contribution in [0.3, 0.4) is 0 Å². The largest absolute Gasteiger partial charge is 0.349 e. The topological polar surface area (TPSA) is 72.2 Å². The lowest BCUT2D eigenvalue weighted by Gasteiger charge is -2.28. The first-order valence-corrected chi connectivity index (χ1v) is 8.02. The summed E-state index contributed by atoms with van der Waals surface area (Å²) in [7, 11) is 0. The van der Waals surface area contributed by atoms with Gasteiger partial charge in [0, 0.05) is 23.2 Å². The Morgan fingerprint density at radius 2 is 2.14 bits per heavy atom. The molecule has 0 unspecified atom stereocenters. The highest BCUT2D eigenvalue weighted by molar-refractivity contribution is 5.96. The molecule has 2 aliphatic carbocycles. The maximum atomic E-state index is 12.5. The van der Waals surface area contributed by atoms with Gasteiger partial charge in [-0.15, -0.1) is 0 Å². The molecule has 3 rings (SSSR count). The van der Waals surface area contributed by atoms with Gasteiger partial charge in [0.25, 0.3) is 11.6 Å². The number of nitro groups is 1. The van der Waals surface area contributed by atoms with E-state index in [-0.39, 0.29) is 17.6 Å². The molecule has 1 aromatic carbocycles. The van der Waals surface area contributed by atoms with Gasteiger partial charge in [-0.25, -0.2) is 0 Å². The van der Waals surface area contributed by atoms with Crippen LogP contribution in [0.15, 0.2) is 18.2 Å². The second-order valence-electron chi connectivity index (χ2n) is 6.81. The third kappa shape index (κ3) is 2.60. The van der Waals surface area contributed by atoms with Gasteiger partial charge < -0.3 is 5.32 Å². The second-order valence-corrected chi connectivity index (χ2v) is 6.81. The van der Waals surface area contributed by atoms with Crippen molar-refractivity contribution in [2.24, 2.45) is 17.8 Å². The van der Waals surface area contributed by atoms with Crippen LogP contribution in [0.4, 0.5) is 5.69 Å². The fraction of sp³-hybridized carbons (Fsp3) is 0.588. The average molecular weight is 302 g/mol. The molecule has 2 aliphatic rings. The molecule has 5 heteroatoms. The molecule has 4 atom stereocenters. The first-order valence-electron chi connectivity index (χ1n) is 8.02. The average Bonchev–Trinajstić information content (AvgIpc) is 3.09. The van der Waals surface area contributed by atoms with Crippen molar-refractivity contribution >= 4 is 11.6 Å². The van der Waals surface area contributed by atoms with E-state index in [9.17, 15) is 14.9 Å². The van der Waals surface area contributed by atoms with E-state index < -0.39 is 4.92 Å². The predicted octanol–water partition coefficient (Wildman–Crippen LogP) is 3.46. The number of hydrogen-bond donors (Lipinski definition) is 1. The summed E-state index contributed by atoms with van der Waals surface area (Å²) >= 11 is 0. The molecule has 1 N–H and O–H groups in total. The third-order valence-electron chi connectivity index (χ3n) is 5.54. The van der Waals surface area contributed by atoms with Crippen LogP contribution in [0.2, 0.25) is 0 Å². The summed E-state index contributed by atoms with van der Waals surface area (Å²) in [4.78, 5) is 23.0. The van der Waals surface area contributed by atoms with Crippen molar-refractivity contribution in [1.29, 1.82) is 0 Å². The summed E-state index contributed by atoms with van der Waals surface area (Å²) in [5.41, 5.74) is 0.842. The van der Waals surface area contributed by atoms with Gasteiger partial charge in [-0.1, -0.05) is 12.5 Å². The molecule has 2 bridgehead atoms. The van der Waals surface area contributed by atoms with E-state index in [1.165, 1.54) is 31.7 Å². The van der Waals surface area contributed by atoms with E-state index >= 15 is 0 Å². The Morgan fingerprint density at radius 3 is 2.73 bits per heavy atom. The Morgan fingerprint density at radius 1 is 1.36 bits per heavy atom. The Bertz CT molecular complexity index is 614. The molecule has 2 saturated carbocycles. The number of rotatable bonds is 4. The SMILES string of the molecule is Cc1c(C(=O)N[C@@H](C)[C@H]2C[C@H]3CC[C@H]2C3)cccc1[N+](=O)[O-]. The van der Waals surface area contributed by atoms with Crippen molar-refractivity contribution < 1.29 is 9.72 Å². The first kappa shape index (κ1) is 15.0. The minimum atomic E-state index is -0.439. The molecule has 0 aromatic heterocycles. The highest BCUT2D eigenvalue weighted by atomic mass is 16.6. The minimum Gasteiger partial charge on any atom is -0.349 e. The van der Waals surface area contributed by atoms with E-state index in [1.54, 1.807) is 19.1 Å². The normalized spacial score (nSPS) is 27.6. The van der Waals surface area contributed by atoms with Gasteiger partial charge in [0.1, 0.15) is 0 Å². The lowest BCUT2D eigenvalue weighted by Crippen LogP contribution is -2.40. The molecule has 0 heterocycles. The number of nitro benzene ring substituents is 1. The van der Waals surface area contributed by atoms with Crippen LogP contribution in [0.5, 0.6) is 0 Å². The number of carbonyl (C=O) groups excluding carboxylic acids is 1. The van der Waals surface area contributed by atoms with E-state index in [2.05, 4.69) is 12.2 Å². The Labute approximate surface area is 130 Å². The zero-order chi connectivity index (χ0) is 15.9. The number of nitrogens with zero attached hydrogens (tertiary/aromatic N) is 1. The summed E-state index contributed by atoms with van der Waals surface area (Å²) in [6.07, 6.45) is 5.14. The maximum absolute atomic E-state index is 12.5. The Kier molecular flexibility index (Phi) is 3.89. The standard InChI is InChI=1S/C17H22N2O3/c1-10-14(4-3-5-16(10)19(21)22)17(20)18-11(2)15-9-12-6-7-13(15)8-12/h3-5,11-13,15H,6-9H2,1-2H3,(H,18,20)/t11-,12-,13-,15+/m0/s1. The molecule has 118 valence electrons. The van der Waals surface area contributed by atoms with Crippen molar-refractivity contribution in [1.82, 2.24) is 5.32 Å². The van der Waals surface area contributed by atoms with Gasteiger partial charge in [-0.05, 0) is 56.9 Å². The number of fused-ring (bicyclic) bond motifs is 2. The highest BCUT2D eigenvalue weighted by Crippen LogP contribution is 2.49. The Balaban J connectivity index is 1.72.